The number of ether oxygens (including phenoxy) is 2. The number of hydrogen-bond donors (Lipinski definition) is 0. The standard InChI is InChI=1S/C50H31N3O2/c1-4-16-33(17-5-1)47-51-48(53-49(52-47)38-25-14-18-32-15-10-11-23-37(32)38)34-27-29-42-44(31-34)54-43-30-28-41-45(46(43)55-42)39-24-12-13-26-40(39)50(41,35-19-6-2-7-20-35)36-21-8-3-9-22-36/h1-31H. The summed E-state index contributed by atoms with van der Waals surface area (Å²) in [6.45, 7) is 0. The highest BCUT2D eigenvalue weighted by Crippen LogP contribution is 2.62. The third kappa shape index (κ3) is 4.83. The molecule has 11 rings (SSSR count). The van der Waals surface area contributed by atoms with E-state index in [1.807, 2.05) is 72.8 Å². The Bertz CT molecular complexity index is 2880. The van der Waals surface area contributed by atoms with Gasteiger partial charge >= 0.3 is 0 Å². The van der Waals surface area contributed by atoms with E-state index in [1.165, 1.54) is 16.7 Å². The van der Waals surface area contributed by atoms with Crippen molar-refractivity contribution in [3.63, 3.8) is 0 Å². The highest BCUT2D eigenvalue weighted by Gasteiger charge is 2.48. The van der Waals surface area contributed by atoms with Crippen LogP contribution in [0.2, 0.25) is 0 Å². The molecule has 1 aliphatic carbocycles. The molecular formula is C50H31N3O2. The molecule has 5 heteroatoms. The predicted octanol–water partition coefficient (Wildman–Crippen LogP) is 12.3. The first-order valence-corrected chi connectivity index (χ1v) is 18.4. The number of benzene rings is 8. The molecule has 0 bridgehead atoms. The number of hydrogen-bond acceptors (Lipinski definition) is 5. The first-order valence-electron chi connectivity index (χ1n) is 18.4. The topological polar surface area (TPSA) is 57.1 Å². The van der Waals surface area contributed by atoms with Gasteiger partial charge in [-0.15, -0.1) is 0 Å². The van der Waals surface area contributed by atoms with E-state index in [1.54, 1.807) is 0 Å². The van der Waals surface area contributed by atoms with E-state index in [0.29, 0.717) is 40.5 Å². The van der Waals surface area contributed by atoms with Crippen molar-refractivity contribution < 1.29 is 9.47 Å². The zero-order valence-electron chi connectivity index (χ0n) is 29.6. The Morgan fingerprint density at radius 1 is 0.382 bits per heavy atom. The zero-order valence-corrected chi connectivity index (χ0v) is 29.6. The van der Waals surface area contributed by atoms with Crippen LogP contribution in [0.3, 0.4) is 0 Å². The second-order valence-corrected chi connectivity index (χ2v) is 13.9. The monoisotopic (exact) mass is 705 g/mol. The smallest absolute Gasteiger partial charge is 0.178 e. The van der Waals surface area contributed by atoms with Crippen LogP contribution in [0.5, 0.6) is 23.0 Å². The summed E-state index contributed by atoms with van der Waals surface area (Å²) in [6, 6.07) is 64.9. The van der Waals surface area contributed by atoms with Gasteiger partial charge in [0, 0.05) is 22.3 Å². The molecule has 258 valence electrons. The van der Waals surface area contributed by atoms with Crippen LogP contribution in [0.1, 0.15) is 22.3 Å². The summed E-state index contributed by atoms with van der Waals surface area (Å²) in [5.41, 5.74) is 9.06. The van der Waals surface area contributed by atoms with E-state index in [9.17, 15) is 0 Å². The average Bonchev–Trinajstić information content (AvgIpc) is 3.57. The normalized spacial score (nSPS) is 13.2. The van der Waals surface area contributed by atoms with Crippen molar-refractivity contribution in [2.24, 2.45) is 0 Å². The van der Waals surface area contributed by atoms with Gasteiger partial charge < -0.3 is 9.47 Å². The van der Waals surface area contributed by atoms with E-state index >= 15 is 0 Å². The van der Waals surface area contributed by atoms with E-state index < -0.39 is 5.41 Å². The lowest BCUT2D eigenvalue weighted by Crippen LogP contribution is -2.28. The highest BCUT2D eigenvalue weighted by atomic mass is 16.6. The van der Waals surface area contributed by atoms with E-state index in [2.05, 4.69) is 115 Å². The van der Waals surface area contributed by atoms with Crippen molar-refractivity contribution in [3.8, 4) is 68.3 Å². The molecule has 55 heavy (non-hydrogen) atoms. The predicted molar refractivity (Wildman–Crippen MR) is 218 cm³/mol. The Balaban J connectivity index is 1.05. The summed E-state index contributed by atoms with van der Waals surface area (Å²) in [6.07, 6.45) is 0. The van der Waals surface area contributed by atoms with Gasteiger partial charge in [0.15, 0.2) is 40.5 Å². The Hall–Kier alpha value is -7.37. The molecule has 0 saturated carbocycles. The van der Waals surface area contributed by atoms with Crippen molar-refractivity contribution >= 4 is 10.8 Å². The van der Waals surface area contributed by atoms with Gasteiger partial charge in [-0.1, -0.05) is 164 Å². The Morgan fingerprint density at radius 2 is 0.982 bits per heavy atom. The molecule has 0 amide bonds. The maximum absolute atomic E-state index is 6.89. The fraction of sp³-hybridized carbons (Fsp3) is 0.0200. The molecule has 1 aromatic heterocycles. The maximum Gasteiger partial charge on any atom is 0.178 e. The quantitative estimate of drug-likeness (QED) is 0.178. The molecule has 0 N–H and O–H groups in total. The fourth-order valence-electron chi connectivity index (χ4n) is 8.47. The first kappa shape index (κ1) is 31.2. The molecule has 9 aromatic rings. The third-order valence-electron chi connectivity index (χ3n) is 10.9. The number of rotatable bonds is 5. The zero-order chi connectivity index (χ0) is 36.3. The Labute approximate surface area is 318 Å². The van der Waals surface area contributed by atoms with Crippen LogP contribution >= 0.6 is 0 Å². The van der Waals surface area contributed by atoms with E-state index in [4.69, 9.17) is 24.4 Å². The van der Waals surface area contributed by atoms with Crippen LogP contribution in [0.25, 0.3) is 56.1 Å². The summed E-state index contributed by atoms with van der Waals surface area (Å²) in [4.78, 5) is 15.1. The largest absolute Gasteiger partial charge is 0.449 e. The lowest BCUT2D eigenvalue weighted by Gasteiger charge is -2.34. The summed E-state index contributed by atoms with van der Waals surface area (Å²) >= 11 is 0. The van der Waals surface area contributed by atoms with Gasteiger partial charge in [0.25, 0.3) is 0 Å². The number of aromatic nitrogens is 3. The molecule has 0 atom stereocenters. The van der Waals surface area contributed by atoms with Gasteiger partial charge in [-0.3, -0.25) is 0 Å². The van der Waals surface area contributed by atoms with Crippen molar-refractivity contribution in [2.75, 3.05) is 0 Å². The lowest BCUT2D eigenvalue weighted by atomic mass is 9.68. The van der Waals surface area contributed by atoms with Crippen molar-refractivity contribution in [2.45, 2.75) is 5.41 Å². The molecule has 2 aliphatic rings. The average molecular weight is 706 g/mol. The van der Waals surface area contributed by atoms with Crippen molar-refractivity contribution in [1.82, 2.24) is 15.0 Å². The molecule has 0 radical (unpaired) electrons. The van der Waals surface area contributed by atoms with Gasteiger partial charge in [0.05, 0.1) is 5.41 Å². The van der Waals surface area contributed by atoms with Gasteiger partial charge in [-0.25, -0.2) is 15.0 Å². The van der Waals surface area contributed by atoms with Crippen LogP contribution in [-0.4, -0.2) is 15.0 Å². The fourth-order valence-corrected chi connectivity index (χ4v) is 8.47. The maximum atomic E-state index is 6.89. The SMILES string of the molecule is c1ccc(-c2nc(-c3ccc4c(c3)Oc3ccc5c(c3O4)-c3ccccc3C5(c3ccccc3)c3ccccc3)nc(-c3cccc4ccccc34)n2)cc1. The first-order chi connectivity index (χ1) is 27.3. The molecule has 5 nitrogen and oxygen atoms in total. The van der Waals surface area contributed by atoms with Gasteiger partial charge in [0.1, 0.15) is 0 Å². The van der Waals surface area contributed by atoms with Gasteiger partial charge in [0.2, 0.25) is 0 Å². The van der Waals surface area contributed by atoms with Crippen LogP contribution in [0.4, 0.5) is 0 Å². The van der Waals surface area contributed by atoms with Crippen LogP contribution in [0.15, 0.2) is 188 Å². The summed E-state index contributed by atoms with van der Waals surface area (Å²) in [5, 5.41) is 2.21. The van der Waals surface area contributed by atoms with E-state index in [-0.39, 0.29) is 0 Å². The molecule has 8 aromatic carbocycles. The van der Waals surface area contributed by atoms with Crippen LogP contribution in [-0.2, 0) is 5.41 Å². The molecule has 2 heterocycles. The Morgan fingerprint density at radius 3 is 1.76 bits per heavy atom. The molecule has 0 fully saturated rings. The van der Waals surface area contributed by atoms with Gasteiger partial charge in [-0.05, 0) is 62.9 Å². The number of fused-ring (bicyclic) bond motifs is 7. The summed E-state index contributed by atoms with van der Waals surface area (Å²) < 4.78 is 13.6. The van der Waals surface area contributed by atoms with E-state index in [0.717, 1.165) is 44.2 Å². The molecule has 0 unspecified atom stereocenters. The molecule has 0 saturated heterocycles. The van der Waals surface area contributed by atoms with Crippen molar-refractivity contribution in [3.05, 3.63) is 210 Å². The van der Waals surface area contributed by atoms with Crippen LogP contribution in [0, 0.1) is 0 Å². The minimum absolute atomic E-state index is 0.534. The third-order valence-corrected chi connectivity index (χ3v) is 10.9. The van der Waals surface area contributed by atoms with Crippen molar-refractivity contribution in [1.29, 1.82) is 0 Å². The molecular weight excluding hydrogens is 675 g/mol. The minimum atomic E-state index is -0.534. The van der Waals surface area contributed by atoms with Crippen LogP contribution < -0.4 is 9.47 Å². The second kappa shape index (κ2) is 12.4. The molecule has 0 spiro atoms. The highest BCUT2D eigenvalue weighted by molar-refractivity contribution is 5.95. The molecule has 1 aliphatic heterocycles. The number of nitrogens with zero attached hydrogens (tertiary/aromatic N) is 3. The lowest BCUT2D eigenvalue weighted by molar-refractivity contribution is 0.360. The Kier molecular flexibility index (Phi) is 7.01. The van der Waals surface area contributed by atoms with Gasteiger partial charge in [-0.2, -0.15) is 0 Å². The minimum Gasteiger partial charge on any atom is -0.449 e. The summed E-state index contributed by atoms with van der Waals surface area (Å²) in [5.74, 6) is 4.36. The summed E-state index contributed by atoms with van der Waals surface area (Å²) in [7, 11) is 0. The second-order valence-electron chi connectivity index (χ2n) is 13.9.